The van der Waals surface area contributed by atoms with Gasteiger partial charge in [-0.2, -0.15) is 0 Å². The van der Waals surface area contributed by atoms with Gasteiger partial charge in [-0.3, -0.25) is 0 Å². The van der Waals surface area contributed by atoms with Crippen molar-refractivity contribution >= 4 is 0 Å². The maximum Gasteiger partial charge on any atom is 0.131 e. The Bertz CT molecular complexity index is 299. The van der Waals surface area contributed by atoms with E-state index in [0.717, 1.165) is 6.42 Å². The fraction of sp³-hybridized carbons (Fsp3) is 0.455. The molecular weight excluding hydrogens is 181 g/mol. The highest BCUT2D eigenvalue weighted by molar-refractivity contribution is 5.36. The minimum absolute atomic E-state index is 0.298. The first-order valence-electron chi connectivity index (χ1n) is 4.83. The topological polar surface area (TPSA) is 35.2 Å². The number of hydrogen-bond donors (Lipinski definition) is 1. The molecule has 2 N–H and O–H groups in total. The van der Waals surface area contributed by atoms with E-state index in [1.807, 2.05) is 6.92 Å². The average Bonchev–Trinajstić information content (AvgIpc) is 2.14. The van der Waals surface area contributed by atoms with E-state index in [2.05, 4.69) is 0 Å². The zero-order chi connectivity index (χ0) is 10.6. The molecule has 0 radical (unpaired) electrons. The van der Waals surface area contributed by atoms with Gasteiger partial charge < -0.3 is 10.5 Å². The Morgan fingerprint density at radius 2 is 2.21 bits per heavy atom. The van der Waals surface area contributed by atoms with Gasteiger partial charge >= 0.3 is 0 Å². The molecule has 0 unspecified atom stereocenters. The van der Waals surface area contributed by atoms with Crippen LogP contribution in [-0.2, 0) is 0 Å². The zero-order valence-electron chi connectivity index (χ0n) is 8.59. The second kappa shape index (κ2) is 4.96. The lowest BCUT2D eigenvalue weighted by Crippen LogP contribution is -2.10. The van der Waals surface area contributed by atoms with Crippen molar-refractivity contribution < 1.29 is 9.13 Å². The van der Waals surface area contributed by atoms with E-state index in [1.54, 1.807) is 19.1 Å². The molecule has 1 aromatic rings. The number of rotatable bonds is 4. The molecule has 0 aliphatic rings. The monoisotopic (exact) mass is 197 g/mol. The van der Waals surface area contributed by atoms with Crippen molar-refractivity contribution in [1.82, 2.24) is 0 Å². The quantitative estimate of drug-likeness (QED) is 0.805. The molecule has 0 aliphatic heterocycles. The van der Waals surface area contributed by atoms with Crippen LogP contribution in [0.4, 0.5) is 4.39 Å². The van der Waals surface area contributed by atoms with Crippen molar-refractivity contribution in [1.29, 1.82) is 0 Å². The van der Waals surface area contributed by atoms with Crippen LogP contribution in [0.1, 0.15) is 31.9 Å². The first kappa shape index (κ1) is 11.0. The van der Waals surface area contributed by atoms with E-state index in [-0.39, 0.29) is 11.9 Å². The third-order valence-corrected chi connectivity index (χ3v) is 1.93. The molecule has 0 spiro atoms. The van der Waals surface area contributed by atoms with Gasteiger partial charge in [0.05, 0.1) is 6.61 Å². The first-order valence-corrected chi connectivity index (χ1v) is 4.83. The number of halogens is 1. The Balaban J connectivity index is 2.96. The SMILES string of the molecule is CCCOc1cccc(F)c1[C@H](C)N. The lowest BCUT2D eigenvalue weighted by Gasteiger charge is -2.14. The van der Waals surface area contributed by atoms with E-state index in [4.69, 9.17) is 10.5 Å². The van der Waals surface area contributed by atoms with Crippen molar-refractivity contribution in [3.63, 3.8) is 0 Å². The standard InChI is InChI=1S/C11H16FNO/c1-3-7-14-10-6-4-5-9(12)11(10)8(2)13/h4-6,8H,3,7,13H2,1-2H3/t8-/m0/s1. The van der Waals surface area contributed by atoms with Crippen LogP contribution in [0.3, 0.4) is 0 Å². The number of benzene rings is 1. The Morgan fingerprint density at radius 3 is 2.79 bits per heavy atom. The van der Waals surface area contributed by atoms with Crippen LogP contribution in [0.5, 0.6) is 5.75 Å². The van der Waals surface area contributed by atoms with E-state index in [9.17, 15) is 4.39 Å². The third-order valence-electron chi connectivity index (χ3n) is 1.93. The smallest absolute Gasteiger partial charge is 0.131 e. The maximum atomic E-state index is 13.4. The van der Waals surface area contributed by atoms with E-state index < -0.39 is 0 Å². The number of nitrogens with two attached hydrogens (primary N) is 1. The number of hydrogen-bond acceptors (Lipinski definition) is 2. The molecule has 1 rings (SSSR count). The van der Waals surface area contributed by atoms with Gasteiger partial charge in [-0.05, 0) is 25.5 Å². The minimum atomic E-state index is -0.344. The molecule has 0 fully saturated rings. The summed E-state index contributed by atoms with van der Waals surface area (Å²) in [6.45, 7) is 4.34. The lowest BCUT2D eigenvalue weighted by molar-refractivity contribution is 0.310. The van der Waals surface area contributed by atoms with Gasteiger partial charge in [-0.1, -0.05) is 13.0 Å². The van der Waals surface area contributed by atoms with Gasteiger partial charge in [0.15, 0.2) is 0 Å². The van der Waals surface area contributed by atoms with Crippen LogP contribution < -0.4 is 10.5 Å². The molecule has 1 aromatic carbocycles. The molecule has 0 saturated heterocycles. The molecule has 0 aliphatic carbocycles. The van der Waals surface area contributed by atoms with E-state index in [0.29, 0.717) is 17.9 Å². The molecule has 0 amide bonds. The van der Waals surface area contributed by atoms with Gasteiger partial charge in [0.1, 0.15) is 11.6 Å². The van der Waals surface area contributed by atoms with Crippen LogP contribution >= 0.6 is 0 Å². The zero-order valence-corrected chi connectivity index (χ0v) is 8.59. The molecule has 14 heavy (non-hydrogen) atoms. The van der Waals surface area contributed by atoms with Crippen LogP contribution in [0.2, 0.25) is 0 Å². The summed E-state index contributed by atoms with van der Waals surface area (Å²) in [4.78, 5) is 0. The number of ether oxygens (including phenoxy) is 1. The summed E-state index contributed by atoms with van der Waals surface area (Å²) in [7, 11) is 0. The Hall–Kier alpha value is -1.09. The van der Waals surface area contributed by atoms with Gasteiger partial charge in [-0.15, -0.1) is 0 Å². The maximum absolute atomic E-state index is 13.4. The summed E-state index contributed by atoms with van der Waals surface area (Å²) in [6.07, 6.45) is 0.898. The van der Waals surface area contributed by atoms with Crippen molar-refractivity contribution in [2.45, 2.75) is 26.3 Å². The van der Waals surface area contributed by atoms with Crippen LogP contribution in [0.25, 0.3) is 0 Å². The average molecular weight is 197 g/mol. The molecule has 1 atom stereocenters. The fourth-order valence-electron chi connectivity index (χ4n) is 1.30. The van der Waals surface area contributed by atoms with Gasteiger partial charge in [0.2, 0.25) is 0 Å². The van der Waals surface area contributed by atoms with Crippen LogP contribution in [-0.4, -0.2) is 6.61 Å². The summed E-state index contributed by atoms with van der Waals surface area (Å²) in [5.41, 5.74) is 6.13. The summed E-state index contributed by atoms with van der Waals surface area (Å²) < 4.78 is 18.8. The van der Waals surface area contributed by atoms with Crippen molar-refractivity contribution in [3.8, 4) is 5.75 Å². The fourth-order valence-corrected chi connectivity index (χ4v) is 1.30. The molecule has 2 nitrogen and oxygen atoms in total. The molecule has 78 valence electrons. The van der Waals surface area contributed by atoms with Crippen LogP contribution in [0.15, 0.2) is 18.2 Å². The Labute approximate surface area is 83.9 Å². The van der Waals surface area contributed by atoms with E-state index in [1.165, 1.54) is 6.07 Å². The lowest BCUT2D eigenvalue weighted by atomic mass is 10.1. The van der Waals surface area contributed by atoms with Crippen molar-refractivity contribution in [2.75, 3.05) is 6.61 Å². The normalized spacial score (nSPS) is 12.6. The van der Waals surface area contributed by atoms with Crippen LogP contribution in [0, 0.1) is 5.82 Å². The predicted octanol–water partition coefficient (Wildman–Crippen LogP) is 2.63. The highest BCUT2D eigenvalue weighted by Crippen LogP contribution is 2.26. The molecule has 0 aromatic heterocycles. The predicted molar refractivity (Wildman–Crippen MR) is 54.8 cm³/mol. The largest absolute Gasteiger partial charge is 0.493 e. The molecular formula is C11H16FNO. The van der Waals surface area contributed by atoms with Crippen molar-refractivity contribution in [2.24, 2.45) is 5.73 Å². The summed E-state index contributed by atoms with van der Waals surface area (Å²) >= 11 is 0. The highest BCUT2D eigenvalue weighted by Gasteiger charge is 2.12. The molecule has 0 bridgehead atoms. The summed E-state index contributed by atoms with van der Waals surface area (Å²) in [5, 5.41) is 0. The first-order chi connectivity index (χ1) is 6.66. The second-order valence-corrected chi connectivity index (χ2v) is 3.29. The summed E-state index contributed by atoms with van der Waals surface area (Å²) in [6, 6.07) is 4.43. The summed E-state index contributed by atoms with van der Waals surface area (Å²) in [5.74, 6) is 0.260. The van der Waals surface area contributed by atoms with Crippen molar-refractivity contribution in [3.05, 3.63) is 29.6 Å². The minimum Gasteiger partial charge on any atom is -0.493 e. The van der Waals surface area contributed by atoms with Gasteiger partial charge in [0, 0.05) is 11.6 Å². The Kier molecular flexibility index (Phi) is 3.89. The molecule has 0 saturated carbocycles. The second-order valence-electron chi connectivity index (χ2n) is 3.29. The highest BCUT2D eigenvalue weighted by atomic mass is 19.1. The third kappa shape index (κ3) is 2.45. The van der Waals surface area contributed by atoms with E-state index >= 15 is 0 Å². The Morgan fingerprint density at radius 1 is 1.50 bits per heavy atom. The van der Waals surface area contributed by atoms with Gasteiger partial charge in [-0.25, -0.2) is 4.39 Å². The molecule has 0 heterocycles. The van der Waals surface area contributed by atoms with Gasteiger partial charge in [0.25, 0.3) is 0 Å². The molecule has 3 heteroatoms.